The molecular weight excluding hydrogens is 337 g/mol. The van der Waals surface area contributed by atoms with Gasteiger partial charge in [-0.3, -0.25) is 0 Å². The van der Waals surface area contributed by atoms with Crippen molar-refractivity contribution in [3.05, 3.63) is 76.4 Å². The number of benzene rings is 2. The Balaban J connectivity index is 2.02. The first-order valence-corrected chi connectivity index (χ1v) is 8.40. The van der Waals surface area contributed by atoms with Gasteiger partial charge in [0.05, 0.1) is 26.4 Å². The van der Waals surface area contributed by atoms with Crippen LogP contribution in [0.2, 0.25) is 0 Å². The van der Waals surface area contributed by atoms with Crippen molar-refractivity contribution in [3.63, 3.8) is 0 Å². The van der Waals surface area contributed by atoms with Crippen LogP contribution in [0.25, 0.3) is 4.85 Å². The Morgan fingerprint density at radius 1 is 1.15 bits per heavy atom. The molecule has 2 aromatic rings. The summed E-state index contributed by atoms with van der Waals surface area (Å²) in [5, 5.41) is 21.3. The van der Waals surface area contributed by atoms with Crippen molar-refractivity contribution < 1.29 is 24.1 Å². The molecule has 0 aliphatic carbocycles. The summed E-state index contributed by atoms with van der Waals surface area (Å²) in [7, 11) is 0. The SMILES string of the molecule is [C-]#[N+]c1ccc([C@@](O)(CCC2OCCO2)c2ccc(F)cc2)c(CO)c1. The van der Waals surface area contributed by atoms with Crippen molar-refractivity contribution in [1.82, 2.24) is 0 Å². The minimum atomic E-state index is -1.47. The Morgan fingerprint density at radius 3 is 2.46 bits per heavy atom. The van der Waals surface area contributed by atoms with Crippen LogP contribution in [0.15, 0.2) is 42.5 Å². The van der Waals surface area contributed by atoms with E-state index in [9.17, 15) is 14.6 Å². The maximum atomic E-state index is 13.4. The first-order valence-electron chi connectivity index (χ1n) is 8.40. The summed E-state index contributed by atoms with van der Waals surface area (Å²) >= 11 is 0. The van der Waals surface area contributed by atoms with Gasteiger partial charge in [-0.15, -0.1) is 0 Å². The molecule has 0 saturated carbocycles. The predicted octanol–water partition coefficient (Wildman–Crippen LogP) is 3.26. The van der Waals surface area contributed by atoms with Gasteiger partial charge in [0.25, 0.3) is 0 Å². The predicted molar refractivity (Wildman–Crippen MR) is 93.0 cm³/mol. The summed E-state index contributed by atoms with van der Waals surface area (Å²) in [6.07, 6.45) is 0.291. The van der Waals surface area contributed by atoms with E-state index in [1.165, 1.54) is 24.3 Å². The average molecular weight is 357 g/mol. The van der Waals surface area contributed by atoms with E-state index in [1.807, 2.05) is 0 Å². The van der Waals surface area contributed by atoms with Gasteiger partial charge in [0.15, 0.2) is 12.0 Å². The summed E-state index contributed by atoms with van der Waals surface area (Å²) < 4.78 is 24.3. The molecule has 1 aliphatic rings. The number of ether oxygens (including phenoxy) is 2. The zero-order valence-corrected chi connectivity index (χ0v) is 14.2. The van der Waals surface area contributed by atoms with E-state index in [0.717, 1.165) is 0 Å². The smallest absolute Gasteiger partial charge is 0.187 e. The van der Waals surface area contributed by atoms with Crippen LogP contribution in [0.3, 0.4) is 0 Å². The van der Waals surface area contributed by atoms with Gasteiger partial charge in [-0.25, -0.2) is 9.24 Å². The third kappa shape index (κ3) is 3.76. The van der Waals surface area contributed by atoms with Crippen LogP contribution < -0.4 is 0 Å². The number of aliphatic hydroxyl groups excluding tert-OH is 1. The number of nitrogens with zero attached hydrogens (tertiary/aromatic N) is 1. The molecule has 1 fully saturated rings. The fourth-order valence-electron chi connectivity index (χ4n) is 3.24. The highest BCUT2D eigenvalue weighted by atomic mass is 19.1. The highest BCUT2D eigenvalue weighted by molar-refractivity contribution is 5.52. The molecule has 6 heteroatoms. The molecule has 3 rings (SSSR count). The van der Waals surface area contributed by atoms with E-state index in [0.29, 0.717) is 42.0 Å². The lowest BCUT2D eigenvalue weighted by Gasteiger charge is -2.32. The third-order valence-electron chi connectivity index (χ3n) is 4.59. The minimum Gasteiger partial charge on any atom is -0.392 e. The Morgan fingerprint density at radius 2 is 1.85 bits per heavy atom. The fourth-order valence-corrected chi connectivity index (χ4v) is 3.24. The summed E-state index contributed by atoms with van der Waals surface area (Å²) in [4.78, 5) is 3.36. The van der Waals surface area contributed by atoms with Gasteiger partial charge in [-0.05, 0) is 35.2 Å². The lowest BCUT2D eigenvalue weighted by atomic mass is 9.80. The maximum Gasteiger partial charge on any atom is 0.187 e. The van der Waals surface area contributed by atoms with Gasteiger partial charge >= 0.3 is 0 Å². The van der Waals surface area contributed by atoms with Gasteiger partial charge in [-0.1, -0.05) is 30.3 Å². The van der Waals surface area contributed by atoms with Gasteiger partial charge in [0, 0.05) is 6.42 Å². The molecule has 0 bridgehead atoms. The molecule has 1 aliphatic heterocycles. The van der Waals surface area contributed by atoms with Crippen LogP contribution in [0.5, 0.6) is 0 Å². The molecule has 1 atom stereocenters. The van der Waals surface area contributed by atoms with Crippen LogP contribution >= 0.6 is 0 Å². The van der Waals surface area contributed by atoms with Crippen LogP contribution in [0, 0.1) is 12.4 Å². The van der Waals surface area contributed by atoms with Gasteiger partial charge in [-0.2, -0.15) is 0 Å². The second kappa shape index (κ2) is 7.94. The molecule has 5 nitrogen and oxygen atoms in total. The molecule has 0 spiro atoms. The highest BCUT2D eigenvalue weighted by Gasteiger charge is 2.35. The Kier molecular flexibility index (Phi) is 5.64. The molecule has 0 amide bonds. The Hall–Kier alpha value is -2.30. The summed E-state index contributed by atoms with van der Waals surface area (Å²) in [5.74, 6) is -0.399. The topological polar surface area (TPSA) is 63.3 Å². The lowest BCUT2D eigenvalue weighted by Crippen LogP contribution is -2.30. The Labute approximate surface area is 151 Å². The first kappa shape index (κ1) is 18.5. The van der Waals surface area contributed by atoms with Crippen LogP contribution in [-0.4, -0.2) is 29.7 Å². The standard InChI is InChI=1S/C20H20FNO4/c1-22-17-6-7-18(14(12-17)13-23)20(24,9-8-19-25-10-11-26-19)15-2-4-16(21)5-3-15/h2-7,12,19,23-24H,8-11,13H2/t20-/m1/s1. The van der Waals surface area contributed by atoms with E-state index in [2.05, 4.69) is 4.85 Å². The second-order valence-electron chi connectivity index (χ2n) is 6.19. The fraction of sp³-hybridized carbons (Fsp3) is 0.350. The van der Waals surface area contributed by atoms with Crippen molar-refractivity contribution in [3.8, 4) is 0 Å². The van der Waals surface area contributed by atoms with E-state index < -0.39 is 17.7 Å². The summed E-state index contributed by atoms with van der Waals surface area (Å²) in [6.45, 7) is 7.84. The zero-order valence-electron chi connectivity index (χ0n) is 14.2. The molecule has 2 aromatic carbocycles. The van der Waals surface area contributed by atoms with Gasteiger partial charge < -0.3 is 19.7 Å². The lowest BCUT2D eigenvalue weighted by molar-refractivity contribution is -0.0623. The second-order valence-corrected chi connectivity index (χ2v) is 6.19. The molecule has 1 heterocycles. The van der Waals surface area contributed by atoms with E-state index in [1.54, 1.807) is 18.2 Å². The normalized spacial score (nSPS) is 17.0. The number of hydrogen-bond acceptors (Lipinski definition) is 4. The maximum absolute atomic E-state index is 13.4. The zero-order chi connectivity index (χ0) is 18.6. The molecule has 1 saturated heterocycles. The summed E-state index contributed by atoms with van der Waals surface area (Å²) in [6, 6.07) is 10.4. The quantitative estimate of drug-likeness (QED) is 0.779. The van der Waals surface area contributed by atoms with Gasteiger partial charge in [0.2, 0.25) is 0 Å². The van der Waals surface area contributed by atoms with Crippen molar-refractivity contribution in [2.24, 2.45) is 0 Å². The molecule has 2 N–H and O–H groups in total. The monoisotopic (exact) mass is 357 g/mol. The van der Waals surface area contributed by atoms with Crippen molar-refractivity contribution >= 4 is 5.69 Å². The van der Waals surface area contributed by atoms with Crippen molar-refractivity contribution in [2.45, 2.75) is 31.3 Å². The van der Waals surface area contributed by atoms with Crippen molar-refractivity contribution in [1.29, 1.82) is 0 Å². The molecule has 0 aromatic heterocycles. The number of aliphatic hydroxyl groups is 2. The average Bonchev–Trinajstić information content (AvgIpc) is 3.19. The summed E-state index contributed by atoms with van der Waals surface area (Å²) in [5.41, 5.74) is 0.348. The molecular formula is C20H20FNO4. The van der Waals surface area contributed by atoms with E-state index >= 15 is 0 Å². The largest absolute Gasteiger partial charge is 0.392 e. The Bertz CT molecular complexity index is 796. The molecule has 0 radical (unpaired) electrons. The molecule has 26 heavy (non-hydrogen) atoms. The number of hydrogen-bond donors (Lipinski definition) is 2. The van der Waals surface area contributed by atoms with Gasteiger partial charge in [0.1, 0.15) is 11.4 Å². The number of halogens is 1. The first-order chi connectivity index (χ1) is 12.6. The van der Waals surface area contributed by atoms with E-state index in [-0.39, 0.29) is 13.0 Å². The van der Waals surface area contributed by atoms with Crippen molar-refractivity contribution in [2.75, 3.05) is 13.2 Å². The van der Waals surface area contributed by atoms with Crippen LogP contribution in [0.1, 0.15) is 29.5 Å². The van der Waals surface area contributed by atoms with Crippen LogP contribution in [0.4, 0.5) is 10.1 Å². The molecule has 136 valence electrons. The number of rotatable bonds is 6. The third-order valence-corrected chi connectivity index (χ3v) is 4.59. The minimum absolute atomic E-state index is 0.258. The van der Waals surface area contributed by atoms with Crippen LogP contribution in [-0.2, 0) is 21.7 Å². The molecule has 0 unspecified atom stereocenters. The highest BCUT2D eigenvalue weighted by Crippen LogP contribution is 2.38. The van der Waals surface area contributed by atoms with E-state index in [4.69, 9.17) is 16.0 Å².